The van der Waals surface area contributed by atoms with Crippen LogP contribution in [0, 0.1) is 5.92 Å². The summed E-state index contributed by atoms with van der Waals surface area (Å²) in [5.74, 6) is -3.97. The summed E-state index contributed by atoms with van der Waals surface area (Å²) in [5, 5.41) is 14.6. The van der Waals surface area contributed by atoms with Crippen molar-refractivity contribution in [3.8, 4) is 0 Å². The van der Waals surface area contributed by atoms with Crippen molar-refractivity contribution < 1.29 is 29.1 Å². The fourth-order valence-corrected chi connectivity index (χ4v) is 3.60. The van der Waals surface area contributed by atoms with Gasteiger partial charge in [-0.2, -0.15) is 0 Å². The second kappa shape index (κ2) is 13.0. The molecule has 0 radical (unpaired) electrons. The van der Waals surface area contributed by atoms with E-state index in [1.165, 1.54) is 4.90 Å². The number of primary amides is 1. The lowest BCUT2D eigenvalue weighted by Gasteiger charge is -2.30. The third-order valence-corrected chi connectivity index (χ3v) is 5.39. The van der Waals surface area contributed by atoms with Crippen LogP contribution in [0.5, 0.6) is 0 Å². The van der Waals surface area contributed by atoms with E-state index in [4.69, 9.17) is 17.2 Å². The molecule has 1 rings (SSSR count). The molecule has 4 atom stereocenters. The van der Waals surface area contributed by atoms with Crippen LogP contribution in [0.2, 0.25) is 0 Å². The van der Waals surface area contributed by atoms with E-state index in [-0.39, 0.29) is 18.8 Å². The summed E-state index contributed by atoms with van der Waals surface area (Å²) in [6.45, 7) is 4.12. The zero-order valence-electron chi connectivity index (χ0n) is 18.7. The van der Waals surface area contributed by atoms with Gasteiger partial charge >= 0.3 is 5.97 Å². The summed E-state index contributed by atoms with van der Waals surface area (Å²) in [5.41, 5.74) is 16.2. The predicted molar refractivity (Wildman–Crippen MR) is 116 cm³/mol. The molecule has 1 saturated heterocycles. The van der Waals surface area contributed by atoms with E-state index in [1.54, 1.807) is 13.8 Å². The second-order valence-electron chi connectivity index (χ2n) is 8.38. The average Bonchev–Trinajstić information content (AvgIpc) is 3.20. The number of hydrogen-bond donors (Lipinski definition) is 6. The number of rotatable bonds is 13. The first kappa shape index (κ1) is 27.3. The van der Waals surface area contributed by atoms with Crippen molar-refractivity contribution in [1.29, 1.82) is 0 Å². The average molecular weight is 457 g/mol. The lowest BCUT2D eigenvalue weighted by molar-refractivity contribution is -0.149. The van der Waals surface area contributed by atoms with Crippen LogP contribution in [0.1, 0.15) is 52.4 Å². The molecule has 4 unspecified atom stereocenters. The van der Waals surface area contributed by atoms with Crippen molar-refractivity contribution in [2.75, 3.05) is 13.1 Å². The van der Waals surface area contributed by atoms with E-state index in [2.05, 4.69) is 10.6 Å². The Labute approximate surface area is 187 Å². The van der Waals surface area contributed by atoms with Crippen molar-refractivity contribution in [2.45, 2.75) is 76.5 Å². The third-order valence-electron chi connectivity index (χ3n) is 5.39. The number of amides is 4. The number of carbonyl (C=O) groups is 5. The zero-order valence-corrected chi connectivity index (χ0v) is 18.7. The van der Waals surface area contributed by atoms with Crippen LogP contribution in [0.4, 0.5) is 0 Å². The summed E-state index contributed by atoms with van der Waals surface area (Å²) in [6.07, 6.45) is 2.02. The van der Waals surface area contributed by atoms with Crippen molar-refractivity contribution in [3.63, 3.8) is 0 Å². The number of aliphatic carboxylic acids is 1. The van der Waals surface area contributed by atoms with Gasteiger partial charge in [-0.1, -0.05) is 13.8 Å². The van der Waals surface area contributed by atoms with Crippen LogP contribution in [0.25, 0.3) is 0 Å². The highest BCUT2D eigenvalue weighted by molar-refractivity contribution is 5.95. The molecule has 12 nitrogen and oxygen atoms in total. The van der Waals surface area contributed by atoms with Gasteiger partial charge in [-0.3, -0.25) is 19.2 Å². The molecule has 0 aromatic carbocycles. The quantitative estimate of drug-likeness (QED) is 0.170. The molecule has 1 heterocycles. The molecular formula is C20H36N6O6. The minimum absolute atomic E-state index is 0.282. The van der Waals surface area contributed by atoms with Gasteiger partial charge in [0, 0.05) is 6.54 Å². The van der Waals surface area contributed by atoms with E-state index in [1.807, 2.05) is 0 Å². The van der Waals surface area contributed by atoms with Gasteiger partial charge in [0.05, 0.1) is 12.5 Å². The van der Waals surface area contributed by atoms with Crippen LogP contribution < -0.4 is 27.8 Å². The normalized spacial score (nSPS) is 18.7. The van der Waals surface area contributed by atoms with Crippen molar-refractivity contribution in [1.82, 2.24) is 15.5 Å². The Morgan fingerprint density at radius 2 is 1.75 bits per heavy atom. The molecule has 1 aliphatic heterocycles. The van der Waals surface area contributed by atoms with E-state index < -0.39 is 53.8 Å². The molecule has 0 aromatic rings. The van der Waals surface area contributed by atoms with Crippen LogP contribution >= 0.6 is 0 Å². The fourth-order valence-electron chi connectivity index (χ4n) is 3.60. The van der Waals surface area contributed by atoms with Crippen LogP contribution in [0.15, 0.2) is 0 Å². The first-order valence-electron chi connectivity index (χ1n) is 10.9. The highest BCUT2D eigenvalue weighted by atomic mass is 16.4. The maximum absolute atomic E-state index is 13.1. The molecule has 12 heteroatoms. The van der Waals surface area contributed by atoms with Crippen molar-refractivity contribution in [2.24, 2.45) is 23.1 Å². The molecule has 182 valence electrons. The molecule has 0 aliphatic carbocycles. The number of unbranched alkanes of at least 4 members (excludes halogenated alkanes) is 1. The number of carboxylic acids is 1. The number of nitrogens with two attached hydrogens (primary N) is 3. The highest BCUT2D eigenvalue weighted by Gasteiger charge is 2.38. The minimum atomic E-state index is -1.20. The zero-order chi connectivity index (χ0) is 24.4. The number of carboxylic acid groups (broad SMARTS) is 1. The Morgan fingerprint density at radius 1 is 1.09 bits per heavy atom. The van der Waals surface area contributed by atoms with Gasteiger partial charge in [0.1, 0.15) is 18.1 Å². The molecular weight excluding hydrogens is 420 g/mol. The van der Waals surface area contributed by atoms with Gasteiger partial charge in [-0.15, -0.1) is 0 Å². The lowest BCUT2D eigenvalue weighted by atomic mass is 10.0. The van der Waals surface area contributed by atoms with Crippen LogP contribution in [0.3, 0.4) is 0 Å². The van der Waals surface area contributed by atoms with E-state index in [0.717, 1.165) is 0 Å². The Kier molecular flexibility index (Phi) is 11.1. The van der Waals surface area contributed by atoms with Crippen molar-refractivity contribution >= 4 is 29.6 Å². The monoisotopic (exact) mass is 456 g/mol. The SMILES string of the molecule is CC(C)C(NC(=O)C(N)CC(N)=O)C(=O)NC(CCCCN)C(=O)N1CCCC1C(=O)O. The number of carbonyl (C=O) groups excluding carboxylic acids is 4. The van der Waals surface area contributed by atoms with Gasteiger partial charge in [-0.05, 0) is 44.6 Å². The Morgan fingerprint density at radius 3 is 2.28 bits per heavy atom. The highest BCUT2D eigenvalue weighted by Crippen LogP contribution is 2.20. The summed E-state index contributed by atoms with van der Waals surface area (Å²) in [6, 6.07) is -4.10. The number of nitrogens with zero attached hydrogens (tertiary/aromatic N) is 1. The van der Waals surface area contributed by atoms with Crippen molar-refractivity contribution in [3.05, 3.63) is 0 Å². The van der Waals surface area contributed by atoms with E-state index >= 15 is 0 Å². The second-order valence-corrected chi connectivity index (χ2v) is 8.38. The Balaban J connectivity index is 2.95. The molecule has 0 aromatic heterocycles. The minimum Gasteiger partial charge on any atom is -0.480 e. The van der Waals surface area contributed by atoms with Gasteiger partial charge < -0.3 is 37.8 Å². The van der Waals surface area contributed by atoms with Crippen LogP contribution in [-0.2, 0) is 24.0 Å². The summed E-state index contributed by atoms with van der Waals surface area (Å²) >= 11 is 0. The Bertz CT molecular complexity index is 700. The standard InChI is InChI=1S/C20H36N6O6/c1-11(2)16(25-17(28)12(22)10-15(23)27)18(29)24-13(6-3-4-8-21)19(30)26-9-5-7-14(26)20(31)32/h11-14,16H,3-10,21-22H2,1-2H3,(H2,23,27)(H,24,29)(H,25,28)(H,31,32). The lowest BCUT2D eigenvalue weighted by Crippen LogP contribution is -2.58. The molecule has 1 aliphatic rings. The maximum atomic E-state index is 13.1. The molecule has 1 fully saturated rings. The van der Waals surface area contributed by atoms with Gasteiger partial charge in [0.2, 0.25) is 23.6 Å². The summed E-state index contributed by atoms with van der Waals surface area (Å²) < 4.78 is 0. The first-order valence-corrected chi connectivity index (χ1v) is 10.9. The molecule has 0 spiro atoms. The number of hydrogen-bond acceptors (Lipinski definition) is 7. The van der Waals surface area contributed by atoms with Gasteiger partial charge in [0.25, 0.3) is 0 Å². The van der Waals surface area contributed by atoms with Gasteiger partial charge in [-0.25, -0.2) is 4.79 Å². The number of nitrogens with one attached hydrogen (secondary N) is 2. The molecule has 9 N–H and O–H groups in total. The molecule has 32 heavy (non-hydrogen) atoms. The smallest absolute Gasteiger partial charge is 0.326 e. The first-order chi connectivity index (χ1) is 15.0. The molecule has 0 saturated carbocycles. The molecule has 4 amide bonds. The third kappa shape index (κ3) is 8.08. The summed E-state index contributed by atoms with van der Waals surface area (Å²) in [4.78, 5) is 62.1. The Hall–Kier alpha value is -2.73. The fraction of sp³-hybridized carbons (Fsp3) is 0.750. The predicted octanol–water partition coefficient (Wildman–Crippen LogP) is -1.98. The number of likely N-dealkylation sites (tertiary alicyclic amines) is 1. The van der Waals surface area contributed by atoms with Gasteiger partial charge in [0.15, 0.2) is 0 Å². The van der Waals surface area contributed by atoms with Crippen LogP contribution in [-0.4, -0.2) is 76.9 Å². The summed E-state index contributed by atoms with van der Waals surface area (Å²) in [7, 11) is 0. The topological polar surface area (TPSA) is 211 Å². The maximum Gasteiger partial charge on any atom is 0.326 e. The largest absolute Gasteiger partial charge is 0.480 e. The molecule has 0 bridgehead atoms. The van der Waals surface area contributed by atoms with E-state index in [9.17, 15) is 29.1 Å². The van der Waals surface area contributed by atoms with E-state index in [0.29, 0.717) is 38.8 Å².